The Morgan fingerprint density at radius 1 is 1.50 bits per heavy atom. The number of nitrogens with zero attached hydrogens (tertiary/aromatic N) is 2. The number of nitrogen functional groups attached to an aromatic ring is 1. The molecule has 78 valence electrons. The largest absolute Gasteiger partial charge is 0.369 e. The zero-order chi connectivity index (χ0) is 9.97. The molecule has 0 aliphatic heterocycles. The van der Waals surface area contributed by atoms with Crippen molar-refractivity contribution in [2.24, 2.45) is 5.92 Å². The quantitative estimate of drug-likeness (QED) is 0.784. The van der Waals surface area contributed by atoms with Crippen LogP contribution < -0.4 is 5.73 Å². The molecule has 3 nitrogen and oxygen atoms in total. The first-order valence-electron chi connectivity index (χ1n) is 5.61. The van der Waals surface area contributed by atoms with Crippen LogP contribution in [0.3, 0.4) is 0 Å². The van der Waals surface area contributed by atoms with Crippen LogP contribution in [0.5, 0.6) is 0 Å². The molecule has 2 rings (SSSR count). The molecule has 1 heterocycles. The Labute approximate surface area is 85.3 Å². The molecule has 1 fully saturated rings. The van der Waals surface area contributed by atoms with Crippen LogP contribution in [0.4, 0.5) is 5.95 Å². The molecule has 0 bridgehead atoms. The van der Waals surface area contributed by atoms with Gasteiger partial charge in [-0.1, -0.05) is 26.2 Å². The van der Waals surface area contributed by atoms with Crippen molar-refractivity contribution in [2.75, 3.05) is 5.73 Å². The van der Waals surface area contributed by atoms with Gasteiger partial charge in [0.1, 0.15) is 0 Å². The van der Waals surface area contributed by atoms with Crippen LogP contribution in [-0.2, 0) is 0 Å². The second-order valence-corrected chi connectivity index (χ2v) is 4.21. The Morgan fingerprint density at radius 2 is 2.29 bits per heavy atom. The van der Waals surface area contributed by atoms with E-state index >= 15 is 0 Å². The Hall–Kier alpha value is -0.990. The number of anilines is 1. The summed E-state index contributed by atoms with van der Waals surface area (Å²) in [6.07, 6.45) is 10.4. The SMILES string of the molecule is CCC1CCCCC1n1ccnc1N. The second kappa shape index (κ2) is 4.03. The van der Waals surface area contributed by atoms with Gasteiger partial charge in [0.05, 0.1) is 0 Å². The van der Waals surface area contributed by atoms with E-state index in [9.17, 15) is 0 Å². The fourth-order valence-corrected chi connectivity index (χ4v) is 2.64. The fourth-order valence-electron chi connectivity index (χ4n) is 2.64. The molecule has 1 aromatic heterocycles. The van der Waals surface area contributed by atoms with Crippen LogP contribution >= 0.6 is 0 Å². The zero-order valence-electron chi connectivity index (χ0n) is 8.82. The van der Waals surface area contributed by atoms with Gasteiger partial charge in [-0.25, -0.2) is 4.98 Å². The van der Waals surface area contributed by atoms with E-state index in [0.29, 0.717) is 12.0 Å². The van der Waals surface area contributed by atoms with Gasteiger partial charge in [0.2, 0.25) is 0 Å². The van der Waals surface area contributed by atoms with Crippen LogP contribution in [0.1, 0.15) is 45.1 Å². The van der Waals surface area contributed by atoms with E-state index in [0.717, 1.165) is 5.92 Å². The summed E-state index contributed by atoms with van der Waals surface area (Å²) in [5.41, 5.74) is 5.84. The molecule has 0 radical (unpaired) electrons. The molecule has 0 aromatic carbocycles. The standard InChI is InChI=1S/C11H19N3/c1-2-9-5-3-4-6-10(9)14-8-7-13-11(14)12/h7-10H,2-6H2,1H3,(H2,12,13). The molecule has 1 aliphatic rings. The third-order valence-electron chi connectivity index (χ3n) is 3.45. The molecule has 2 atom stereocenters. The summed E-state index contributed by atoms with van der Waals surface area (Å²) in [5, 5.41) is 0. The smallest absolute Gasteiger partial charge is 0.200 e. The summed E-state index contributed by atoms with van der Waals surface area (Å²) in [7, 11) is 0. The van der Waals surface area contributed by atoms with E-state index in [4.69, 9.17) is 5.73 Å². The zero-order valence-corrected chi connectivity index (χ0v) is 8.82. The molecule has 1 aliphatic carbocycles. The predicted octanol–water partition coefficient (Wildman–Crippen LogP) is 2.61. The molecule has 2 unspecified atom stereocenters. The first kappa shape index (κ1) is 9.56. The minimum Gasteiger partial charge on any atom is -0.369 e. The maximum absolute atomic E-state index is 5.84. The average Bonchev–Trinajstić information content (AvgIpc) is 2.64. The van der Waals surface area contributed by atoms with Gasteiger partial charge in [0, 0.05) is 18.4 Å². The number of aromatic nitrogens is 2. The highest BCUT2D eigenvalue weighted by Gasteiger charge is 2.25. The third kappa shape index (κ3) is 1.63. The van der Waals surface area contributed by atoms with E-state index in [-0.39, 0.29) is 0 Å². The molecule has 14 heavy (non-hydrogen) atoms. The van der Waals surface area contributed by atoms with E-state index in [2.05, 4.69) is 16.5 Å². The lowest BCUT2D eigenvalue weighted by Crippen LogP contribution is -2.23. The monoisotopic (exact) mass is 193 g/mol. The summed E-state index contributed by atoms with van der Waals surface area (Å²) in [6, 6.07) is 0.594. The summed E-state index contributed by atoms with van der Waals surface area (Å²) >= 11 is 0. The highest BCUT2D eigenvalue weighted by Crippen LogP contribution is 2.36. The highest BCUT2D eigenvalue weighted by molar-refractivity contribution is 5.18. The predicted molar refractivity (Wildman–Crippen MR) is 57.9 cm³/mol. The van der Waals surface area contributed by atoms with E-state index in [1.54, 1.807) is 6.20 Å². The van der Waals surface area contributed by atoms with Crippen molar-refractivity contribution < 1.29 is 0 Å². The first-order valence-corrected chi connectivity index (χ1v) is 5.61. The molecular weight excluding hydrogens is 174 g/mol. The van der Waals surface area contributed by atoms with E-state index < -0.39 is 0 Å². The normalized spacial score (nSPS) is 27.8. The van der Waals surface area contributed by atoms with Crippen molar-refractivity contribution in [2.45, 2.75) is 45.1 Å². The topological polar surface area (TPSA) is 43.8 Å². The number of nitrogens with two attached hydrogens (primary N) is 1. The molecule has 0 amide bonds. The number of imidazole rings is 1. The molecule has 2 N–H and O–H groups in total. The van der Waals surface area contributed by atoms with Gasteiger partial charge in [-0.2, -0.15) is 0 Å². The van der Waals surface area contributed by atoms with Gasteiger partial charge in [-0.3, -0.25) is 0 Å². The molecule has 1 aromatic rings. The van der Waals surface area contributed by atoms with E-state index in [1.807, 2.05) is 6.20 Å². The van der Waals surface area contributed by atoms with Gasteiger partial charge >= 0.3 is 0 Å². The van der Waals surface area contributed by atoms with Crippen molar-refractivity contribution in [3.05, 3.63) is 12.4 Å². The average molecular weight is 193 g/mol. The summed E-state index contributed by atoms with van der Waals surface area (Å²) in [6.45, 7) is 2.27. The minimum atomic E-state index is 0.594. The lowest BCUT2D eigenvalue weighted by Gasteiger charge is -2.32. The van der Waals surface area contributed by atoms with Crippen molar-refractivity contribution in [3.8, 4) is 0 Å². The highest BCUT2D eigenvalue weighted by atomic mass is 15.2. The Balaban J connectivity index is 2.19. The number of hydrogen-bond donors (Lipinski definition) is 1. The molecule has 0 saturated heterocycles. The van der Waals surface area contributed by atoms with Crippen LogP contribution in [0.15, 0.2) is 12.4 Å². The molecule has 0 spiro atoms. The molecule has 3 heteroatoms. The van der Waals surface area contributed by atoms with Crippen LogP contribution in [-0.4, -0.2) is 9.55 Å². The molecular formula is C11H19N3. The Morgan fingerprint density at radius 3 is 2.93 bits per heavy atom. The summed E-state index contributed by atoms with van der Waals surface area (Å²) in [4.78, 5) is 4.10. The first-order chi connectivity index (χ1) is 6.83. The minimum absolute atomic E-state index is 0.594. The van der Waals surface area contributed by atoms with Gasteiger partial charge in [-0.15, -0.1) is 0 Å². The molecule has 1 saturated carbocycles. The van der Waals surface area contributed by atoms with Gasteiger partial charge in [0.25, 0.3) is 0 Å². The van der Waals surface area contributed by atoms with Crippen molar-refractivity contribution in [1.29, 1.82) is 0 Å². The Kier molecular flexibility index (Phi) is 2.75. The van der Waals surface area contributed by atoms with Crippen LogP contribution in [0, 0.1) is 5.92 Å². The van der Waals surface area contributed by atoms with Gasteiger partial charge in [0.15, 0.2) is 5.95 Å². The Bertz CT molecular complexity index is 292. The lowest BCUT2D eigenvalue weighted by atomic mass is 9.83. The number of hydrogen-bond acceptors (Lipinski definition) is 2. The summed E-state index contributed by atoms with van der Waals surface area (Å²) in [5.74, 6) is 1.47. The van der Waals surface area contributed by atoms with Crippen LogP contribution in [0.25, 0.3) is 0 Å². The van der Waals surface area contributed by atoms with E-state index in [1.165, 1.54) is 32.1 Å². The summed E-state index contributed by atoms with van der Waals surface area (Å²) < 4.78 is 2.16. The van der Waals surface area contributed by atoms with Crippen molar-refractivity contribution in [3.63, 3.8) is 0 Å². The maximum atomic E-state index is 5.84. The fraction of sp³-hybridized carbons (Fsp3) is 0.727. The van der Waals surface area contributed by atoms with Crippen LogP contribution in [0.2, 0.25) is 0 Å². The lowest BCUT2D eigenvalue weighted by molar-refractivity contribution is 0.235. The third-order valence-corrected chi connectivity index (χ3v) is 3.45. The maximum Gasteiger partial charge on any atom is 0.200 e. The van der Waals surface area contributed by atoms with Gasteiger partial charge in [-0.05, 0) is 18.8 Å². The number of rotatable bonds is 2. The van der Waals surface area contributed by atoms with Gasteiger partial charge < -0.3 is 10.3 Å². The van der Waals surface area contributed by atoms with Crippen molar-refractivity contribution >= 4 is 5.95 Å². The second-order valence-electron chi connectivity index (χ2n) is 4.21. The van der Waals surface area contributed by atoms with Crippen molar-refractivity contribution in [1.82, 2.24) is 9.55 Å².